The van der Waals surface area contributed by atoms with Crippen molar-refractivity contribution in [1.82, 2.24) is 10.1 Å². The zero-order chi connectivity index (χ0) is 18.8. The Balaban J connectivity index is 1.59. The maximum Gasteiger partial charge on any atom is 0.254 e. The Morgan fingerprint density at radius 2 is 2.07 bits per heavy atom. The second-order valence-electron chi connectivity index (χ2n) is 6.38. The lowest BCUT2D eigenvalue weighted by Gasteiger charge is -2.26. The molecule has 0 radical (unpaired) electrons. The van der Waals surface area contributed by atoms with Gasteiger partial charge in [-0.15, -0.1) is 0 Å². The van der Waals surface area contributed by atoms with Gasteiger partial charge in [-0.1, -0.05) is 22.8 Å². The zero-order valence-corrected chi connectivity index (χ0v) is 15.7. The topological polar surface area (TPSA) is 55.6 Å². The highest BCUT2D eigenvalue weighted by molar-refractivity contribution is 6.30. The summed E-state index contributed by atoms with van der Waals surface area (Å²) in [4.78, 5) is 14.8. The van der Waals surface area contributed by atoms with Crippen molar-refractivity contribution >= 4 is 17.5 Å². The van der Waals surface area contributed by atoms with Crippen molar-refractivity contribution in [1.29, 1.82) is 0 Å². The smallest absolute Gasteiger partial charge is 0.254 e. The number of rotatable bonds is 4. The molecule has 1 aliphatic rings. The Bertz CT molecular complexity index is 966. The fraction of sp³-hybridized carbons (Fsp3) is 0.238. The van der Waals surface area contributed by atoms with Gasteiger partial charge in [-0.05, 0) is 49.4 Å². The number of nitrogens with zero attached hydrogens (tertiary/aromatic N) is 2. The van der Waals surface area contributed by atoms with Crippen molar-refractivity contribution in [2.45, 2.75) is 19.9 Å². The average Bonchev–Trinajstić information content (AvgIpc) is 3.12. The van der Waals surface area contributed by atoms with Gasteiger partial charge in [0.2, 0.25) is 0 Å². The van der Waals surface area contributed by atoms with Crippen LogP contribution < -0.4 is 4.74 Å². The molecule has 0 unspecified atom stereocenters. The van der Waals surface area contributed by atoms with Gasteiger partial charge >= 0.3 is 0 Å². The maximum absolute atomic E-state index is 13.0. The van der Waals surface area contributed by atoms with Crippen LogP contribution in [0.25, 0.3) is 11.3 Å². The molecule has 0 bridgehead atoms. The monoisotopic (exact) mass is 382 g/mol. The third-order valence-corrected chi connectivity index (χ3v) is 4.87. The summed E-state index contributed by atoms with van der Waals surface area (Å²) in [6.07, 6.45) is 0.670. The molecule has 27 heavy (non-hydrogen) atoms. The third kappa shape index (κ3) is 3.55. The second-order valence-corrected chi connectivity index (χ2v) is 6.82. The Morgan fingerprint density at radius 1 is 1.26 bits per heavy atom. The molecule has 6 heteroatoms. The summed E-state index contributed by atoms with van der Waals surface area (Å²) in [5.41, 5.74) is 3.39. The van der Waals surface area contributed by atoms with Gasteiger partial charge in [0.15, 0.2) is 5.76 Å². The number of hydrogen-bond acceptors (Lipinski definition) is 4. The van der Waals surface area contributed by atoms with Crippen molar-refractivity contribution in [3.8, 4) is 17.1 Å². The van der Waals surface area contributed by atoms with E-state index in [-0.39, 0.29) is 5.91 Å². The maximum atomic E-state index is 13.0. The summed E-state index contributed by atoms with van der Waals surface area (Å²) in [5.74, 6) is 1.38. The first-order chi connectivity index (χ1) is 13.2. The Labute approximate surface area is 162 Å². The molecule has 4 rings (SSSR count). The van der Waals surface area contributed by atoms with Crippen molar-refractivity contribution in [2.75, 3.05) is 13.2 Å². The molecule has 138 valence electrons. The number of hydrogen-bond donors (Lipinski definition) is 0. The predicted molar refractivity (Wildman–Crippen MR) is 103 cm³/mol. The number of benzene rings is 2. The highest BCUT2D eigenvalue weighted by atomic mass is 35.5. The minimum atomic E-state index is -0.0227. The van der Waals surface area contributed by atoms with Gasteiger partial charge in [-0.3, -0.25) is 4.79 Å². The van der Waals surface area contributed by atoms with E-state index in [0.717, 1.165) is 16.8 Å². The van der Waals surface area contributed by atoms with E-state index in [2.05, 4.69) is 5.16 Å². The Hall–Kier alpha value is -2.79. The molecule has 1 aromatic heterocycles. The van der Waals surface area contributed by atoms with Crippen LogP contribution >= 0.6 is 11.6 Å². The number of carbonyl (C=O) groups excluding carboxylic acids is 1. The molecular formula is C21H19ClN2O3. The summed E-state index contributed by atoms with van der Waals surface area (Å²) in [6, 6.07) is 14.7. The van der Waals surface area contributed by atoms with E-state index in [1.165, 1.54) is 0 Å². The van der Waals surface area contributed by atoms with Crippen molar-refractivity contribution < 1.29 is 14.1 Å². The van der Waals surface area contributed by atoms with Crippen LogP contribution in [-0.4, -0.2) is 29.1 Å². The minimum Gasteiger partial charge on any atom is -0.494 e. The number of amides is 1. The molecule has 1 amide bonds. The highest BCUT2D eigenvalue weighted by Gasteiger charge is 2.28. The largest absolute Gasteiger partial charge is 0.494 e. The lowest BCUT2D eigenvalue weighted by molar-refractivity contribution is 0.0734. The number of fused-ring (bicyclic) bond motifs is 1. The van der Waals surface area contributed by atoms with Crippen LogP contribution in [0.3, 0.4) is 0 Å². The van der Waals surface area contributed by atoms with Gasteiger partial charge in [0.05, 0.1) is 18.8 Å². The highest BCUT2D eigenvalue weighted by Crippen LogP contribution is 2.31. The number of carbonyl (C=O) groups is 1. The molecule has 0 spiro atoms. The molecule has 0 saturated carbocycles. The molecule has 0 atom stereocenters. The van der Waals surface area contributed by atoms with Crippen molar-refractivity contribution in [3.05, 3.63) is 70.4 Å². The minimum absolute atomic E-state index is 0.0227. The standard InChI is InChI=1S/C21H19ClN2O3/c1-2-26-17-5-3-4-15(12-17)21(25)24-11-10-19-18(13-24)20(27-23-19)14-6-8-16(22)9-7-14/h3-9,12H,2,10-11,13H2,1H3. The van der Waals surface area contributed by atoms with Gasteiger partial charge in [0.25, 0.3) is 5.91 Å². The predicted octanol–water partition coefficient (Wildman–Crippen LogP) is 4.59. The van der Waals surface area contributed by atoms with E-state index in [1.54, 1.807) is 6.07 Å². The van der Waals surface area contributed by atoms with Crippen LogP contribution in [0.2, 0.25) is 5.02 Å². The van der Waals surface area contributed by atoms with Crippen LogP contribution in [0, 0.1) is 0 Å². The van der Waals surface area contributed by atoms with Gasteiger partial charge in [0.1, 0.15) is 5.75 Å². The fourth-order valence-electron chi connectivity index (χ4n) is 3.28. The molecule has 2 aromatic carbocycles. The molecule has 0 aliphatic carbocycles. The normalized spacial score (nSPS) is 13.3. The Kier molecular flexibility index (Phi) is 4.86. The van der Waals surface area contributed by atoms with Crippen LogP contribution in [0.1, 0.15) is 28.5 Å². The summed E-state index contributed by atoms with van der Waals surface area (Å²) < 4.78 is 11.1. The van der Waals surface area contributed by atoms with Crippen LogP contribution in [0.5, 0.6) is 5.75 Å². The first kappa shape index (κ1) is 17.6. The van der Waals surface area contributed by atoms with E-state index in [0.29, 0.717) is 48.2 Å². The summed E-state index contributed by atoms with van der Waals surface area (Å²) in [6.45, 7) is 3.56. The quantitative estimate of drug-likeness (QED) is 0.662. The van der Waals surface area contributed by atoms with Crippen LogP contribution in [-0.2, 0) is 13.0 Å². The van der Waals surface area contributed by atoms with E-state index < -0.39 is 0 Å². The summed E-state index contributed by atoms with van der Waals surface area (Å²) in [5, 5.41) is 4.86. The summed E-state index contributed by atoms with van der Waals surface area (Å²) >= 11 is 5.97. The van der Waals surface area contributed by atoms with E-state index in [4.69, 9.17) is 20.9 Å². The van der Waals surface area contributed by atoms with Crippen molar-refractivity contribution in [2.24, 2.45) is 0 Å². The lowest BCUT2D eigenvalue weighted by Crippen LogP contribution is -2.35. The van der Waals surface area contributed by atoms with Gasteiger partial charge in [-0.25, -0.2) is 0 Å². The van der Waals surface area contributed by atoms with E-state index in [9.17, 15) is 4.79 Å². The number of halogens is 1. The molecule has 0 N–H and O–H groups in total. The third-order valence-electron chi connectivity index (χ3n) is 4.62. The number of ether oxygens (including phenoxy) is 1. The number of aromatic nitrogens is 1. The Morgan fingerprint density at radius 3 is 2.85 bits per heavy atom. The van der Waals surface area contributed by atoms with Crippen LogP contribution in [0.4, 0.5) is 0 Å². The van der Waals surface area contributed by atoms with Gasteiger partial charge < -0.3 is 14.2 Å². The van der Waals surface area contributed by atoms with E-state index >= 15 is 0 Å². The lowest BCUT2D eigenvalue weighted by atomic mass is 10.0. The van der Waals surface area contributed by atoms with Gasteiger partial charge in [0, 0.05) is 34.7 Å². The molecular weight excluding hydrogens is 364 g/mol. The average molecular weight is 383 g/mol. The molecule has 0 saturated heterocycles. The molecule has 3 aromatic rings. The van der Waals surface area contributed by atoms with Crippen molar-refractivity contribution in [3.63, 3.8) is 0 Å². The molecule has 0 fully saturated rings. The first-order valence-electron chi connectivity index (χ1n) is 8.91. The first-order valence-corrected chi connectivity index (χ1v) is 9.29. The van der Waals surface area contributed by atoms with Crippen LogP contribution in [0.15, 0.2) is 53.1 Å². The van der Waals surface area contributed by atoms with Gasteiger partial charge in [-0.2, -0.15) is 0 Å². The fourth-order valence-corrected chi connectivity index (χ4v) is 3.41. The molecule has 2 heterocycles. The SMILES string of the molecule is CCOc1cccc(C(=O)N2CCc3noc(-c4ccc(Cl)cc4)c3C2)c1. The molecule has 1 aliphatic heterocycles. The zero-order valence-electron chi connectivity index (χ0n) is 14.9. The summed E-state index contributed by atoms with van der Waals surface area (Å²) in [7, 11) is 0. The van der Waals surface area contributed by atoms with E-state index in [1.807, 2.05) is 54.3 Å². The second kappa shape index (κ2) is 7.45. The molecule has 5 nitrogen and oxygen atoms in total.